The number of nitrogens with zero attached hydrogens (tertiary/aromatic N) is 2. The van der Waals surface area contributed by atoms with E-state index in [1.54, 1.807) is 30.3 Å². The number of rotatable bonds is 2. The topological polar surface area (TPSA) is 87.3 Å². The lowest BCUT2D eigenvalue weighted by atomic mass is 10.1. The summed E-state index contributed by atoms with van der Waals surface area (Å²) in [6, 6.07) is 10.6. The molecule has 0 spiro atoms. The molecule has 1 aliphatic rings. The van der Waals surface area contributed by atoms with Crippen molar-refractivity contribution in [2.24, 2.45) is 0 Å². The second-order valence-electron chi connectivity index (χ2n) is 5.24. The van der Waals surface area contributed by atoms with Crippen molar-refractivity contribution in [3.63, 3.8) is 0 Å². The van der Waals surface area contributed by atoms with Crippen molar-refractivity contribution < 1.29 is 14.3 Å². The molecule has 0 atom stereocenters. The predicted octanol–water partition coefficient (Wildman–Crippen LogP) is 2.46. The predicted molar refractivity (Wildman–Crippen MR) is 83.8 cm³/mol. The van der Waals surface area contributed by atoms with Crippen molar-refractivity contribution in [2.45, 2.75) is 13.2 Å². The van der Waals surface area contributed by atoms with Crippen molar-refractivity contribution in [3.8, 4) is 5.75 Å². The number of hydrogen-bond donors (Lipinski definition) is 1. The molecule has 0 amide bonds. The minimum atomic E-state index is -0.511. The number of hydrogen-bond acceptors (Lipinski definition) is 6. The molecule has 6 heteroatoms. The lowest BCUT2D eigenvalue weighted by molar-refractivity contribution is 0.0729. The van der Waals surface area contributed by atoms with Gasteiger partial charge in [0, 0.05) is 10.9 Å². The molecule has 2 N–H and O–H groups in total. The summed E-state index contributed by atoms with van der Waals surface area (Å²) in [5, 5.41) is 0.821. The Hall–Kier alpha value is -2.99. The van der Waals surface area contributed by atoms with Crippen LogP contribution in [0.5, 0.6) is 5.75 Å². The first-order chi connectivity index (χ1) is 11.2. The third kappa shape index (κ3) is 2.39. The van der Waals surface area contributed by atoms with Gasteiger partial charge in [-0.05, 0) is 23.8 Å². The molecule has 0 saturated carbocycles. The van der Waals surface area contributed by atoms with Gasteiger partial charge in [0.05, 0.1) is 24.9 Å². The Kier molecular flexibility index (Phi) is 3.17. The fourth-order valence-corrected chi connectivity index (χ4v) is 2.63. The van der Waals surface area contributed by atoms with Crippen molar-refractivity contribution in [3.05, 3.63) is 59.4 Å². The number of ether oxygens (including phenoxy) is 2. The van der Waals surface area contributed by atoms with Crippen LogP contribution >= 0.6 is 0 Å². The number of nitrogens with two attached hydrogens (primary N) is 1. The standard InChI is InChI=1S/C17H13N3O3/c18-16-13-9-22-8-12(13)11-6-14(19-7-15(11)20-16)17(21)23-10-4-2-1-3-5-10/h1-7H,8-9H2,(H2,18,20). The molecule has 2 aromatic heterocycles. The third-order valence-electron chi connectivity index (χ3n) is 3.78. The van der Waals surface area contributed by atoms with E-state index in [2.05, 4.69) is 9.97 Å². The fourth-order valence-electron chi connectivity index (χ4n) is 2.63. The molecule has 0 unspecified atom stereocenters. The van der Waals surface area contributed by atoms with Crippen LogP contribution in [0.1, 0.15) is 21.6 Å². The van der Waals surface area contributed by atoms with Gasteiger partial charge in [-0.25, -0.2) is 14.8 Å². The van der Waals surface area contributed by atoms with Gasteiger partial charge in [0.25, 0.3) is 0 Å². The van der Waals surface area contributed by atoms with Crippen LogP contribution in [-0.4, -0.2) is 15.9 Å². The first-order valence-electron chi connectivity index (χ1n) is 7.14. The van der Waals surface area contributed by atoms with E-state index in [0.717, 1.165) is 16.5 Å². The molecule has 23 heavy (non-hydrogen) atoms. The van der Waals surface area contributed by atoms with Gasteiger partial charge in [-0.2, -0.15) is 0 Å². The molecule has 114 valence electrons. The number of para-hydroxylation sites is 1. The molecule has 0 fully saturated rings. The lowest BCUT2D eigenvalue weighted by Gasteiger charge is -2.08. The zero-order valence-corrected chi connectivity index (χ0v) is 12.2. The average molecular weight is 307 g/mol. The Labute approximate surface area is 131 Å². The highest BCUT2D eigenvalue weighted by Gasteiger charge is 2.21. The van der Waals surface area contributed by atoms with Crippen LogP contribution in [0, 0.1) is 0 Å². The zero-order chi connectivity index (χ0) is 15.8. The number of carbonyl (C=O) groups is 1. The summed E-state index contributed by atoms with van der Waals surface area (Å²) in [5.74, 6) is 0.414. The highest BCUT2D eigenvalue weighted by Crippen LogP contribution is 2.31. The molecule has 0 saturated heterocycles. The number of benzene rings is 1. The molecule has 3 aromatic rings. The molecular weight excluding hydrogens is 294 g/mol. The Morgan fingerprint density at radius 2 is 1.96 bits per heavy atom. The van der Waals surface area contributed by atoms with Gasteiger partial charge in [-0.3, -0.25) is 0 Å². The molecule has 4 rings (SSSR count). The number of nitrogen functional groups attached to an aromatic ring is 1. The average Bonchev–Trinajstić information content (AvgIpc) is 3.06. The summed E-state index contributed by atoms with van der Waals surface area (Å²) in [5.41, 5.74) is 8.64. The normalized spacial score (nSPS) is 13.0. The second-order valence-corrected chi connectivity index (χ2v) is 5.24. The number of fused-ring (bicyclic) bond motifs is 3. The van der Waals surface area contributed by atoms with Crippen molar-refractivity contribution >= 4 is 22.7 Å². The molecule has 0 aliphatic carbocycles. The molecule has 1 aliphatic heterocycles. The maximum absolute atomic E-state index is 12.3. The van der Waals surface area contributed by atoms with Gasteiger partial charge in [-0.15, -0.1) is 0 Å². The summed E-state index contributed by atoms with van der Waals surface area (Å²) in [7, 11) is 0. The van der Waals surface area contributed by atoms with Gasteiger partial charge in [-0.1, -0.05) is 18.2 Å². The van der Waals surface area contributed by atoms with Crippen molar-refractivity contribution in [1.82, 2.24) is 9.97 Å². The molecule has 0 bridgehead atoms. The van der Waals surface area contributed by atoms with Crippen LogP contribution in [0.25, 0.3) is 10.9 Å². The highest BCUT2D eigenvalue weighted by atomic mass is 16.5. The van der Waals surface area contributed by atoms with Crippen molar-refractivity contribution in [1.29, 1.82) is 0 Å². The van der Waals surface area contributed by atoms with E-state index in [9.17, 15) is 4.79 Å². The van der Waals surface area contributed by atoms with Crippen molar-refractivity contribution in [2.75, 3.05) is 5.73 Å². The smallest absolute Gasteiger partial charge is 0.362 e. The molecule has 1 aromatic carbocycles. The van der Waals surface area contributed by atoms with Gasteiger partial charge in [0.2, 0.25) is 0 Å². The van der Waals surface area contributed by atoms with Gasteiger partial charge in [0.15, 0.2) is 0 Å². The molecule has 0 radical (unpaired) electrons. The van der Waals surface area contributed by atoms with E-state index in [1.807, 2.05) is 6.07 Å². The van der Waals surface area contributed by atoms with E-state index in [-0.39, 0.29) is 5.69 Å². The number of carbonyl (C=O) groups excluding carboxylic acids is 1. The Morgan fingerprint density at radius 3 is 2.78 bits per heavy atom. The number of anilines is 1. The summed E-state index contributed by atoms with van der Waals surface area (Å²) in [6.45, 7) is 0.895. The maximum Gasteiger partial charge on any atom is 0.362 e. The van der Waals surface area contributed by atoms with Crippen LogP contribution < -0.4 is 10.5 Å². The van der Waals surface area contributed by atoms with E-state index in [1.165, 1.54) is 6.20 Å². The van der Waals surface area contributed by atoms with Crippen LogP contribution in [0.2, 0.25) is 0 Å². The minimum absolute atomic E-state index is 0.224. The first-order valence-corrected chi connectivity index (χ1v) is 7.14. The monoisotopic (exact) mass is 307 g/mol. The van der Waals surface area contributed by atoms with E-state index in [4.69, 9.17) is 15.2 Å². The summed E-state index contributed by atoms with van der Waals surface area (Å²) in [4.78, 5) is 20.7. The van der Waals surface area contributed by atoms with Crippen LogP contribution in [0.15, 0.2) is 42.6 Å². The summed E-state index contributed by atoms with van der Waals surface area (Å²) >= 11 is 0. The van der Waals surface area contributed by atoms with Gasteiger partial charge >= 0.3 is 5.97 Å². The van der Waals surface area contributed by atoms with E-state index < -0.39 is 5.97 Å². The largest absolute Gasteiger partial charge is 0.422 e. The maximum atomic E-state index is 12.3. The van der Waals surface area contributed by atoms with E-state index >= 15 is 0 Å². The quantitative estimate of drug-likeness (QED) is 0.578. The Balaban J connectivity index is 1.74. The van der Waals surface area contributed by atoms with Crippen LogP contribution in [-0.2, 0) is 18.0 Å². The van der Waals surface area contributed by atoms with Crippen LogP contribution in [0.4, 0.5) is 5.82 Å². The number of esters is 1. The SMILES string of the molecule is Nc1nc2cnc(C(=O)Oc3ccccc3)cc2c2c1COC2. The van der Waals surface area contributed by atoms with Gasteiger partial charge < -0.3 is 15.2 Å². The highest BCUT2D eigenvalue weighted by molar-refractivity contribution is 5.95. The molecular formula is C17H13N3O3. The number of aromatic nitrogens is 2. The summed E-state index contributed by atoms with van der Waals surface area (Å²) < 4.78 is 10.8. The van der Waals surface area contributed by atoms with E-state index in [0.29, 0.717) is 30.3 Å². The molecule has 6 nitrogen and oxygen atoms in total. The second kappa shape index (κ2) is 5.33. The lowest BCUT2D eigenvalue weighted by Crippen LogP contribution is -2.11. The Morgan fingerprint density at radius 1 is 1.17 bits per heavy atom. The van der Waals surface area contributed by atoms with Crippen LogP contribution in [0.3, 0.4) is 0 Å². The first kappa shape index (κ1) is 13.7. The zero-order valence-electron chi connectivity index (χ0n) is 12.2. The number of pyridine rings is 2. The summed E-state index contributed by atoms with van der Waals surface area (Å²) in [6.07, 6.45) is 1.53. The third-order valence-corrected chi connectivity index (χ3v) is 3.78. The molecule has 3 heterocycles. The fraction of sp³-hybridized carbons (Fsp3) is 0.118. The van der Waals surface area contributed by atoms with Gasteiger partial charge in [0.1, 0.15) is 17.3 Å². The Bertz CT molecular complexity index is 910. The minimum Gasteiger partial charge on any atom is -0.422 e.